The van der Waals surface area contributed by atoms with Crippen molar-refractivity contribution in [2.75, 3.05) is 37.6 Å². The van der Waals surface area contributed by atoms with Crippen LogP contribution in [0.2, 0.25) is 0 Å². The molecule has 0 N–H and O–H groups in total. The summed E-state index contributed by atoms with van der Waals surface area (Å²) in [5, 5.41) is 0. The lowest BCUT2D eigenvalue weighted by Crippen LogP contribution is -2.52. The van der Waals surface area contributed by atoms with E-state index in [4.69, 9.17) is 0 Å². The molecule has 0 bridgehead atoms. The molecular weight excluding hydrogens is 357 g/mol. The van der Waals surface area contributed by atoms with E-state index in [1.165, 1.54) is 17.7 Å². The summed E-state index contributed by atoms with van der Waals surface area (Å²) in [4.78, 5) is 31.2. The zero-order chi connectivity index (χ0) is 19.7. The number of anilines is 1. The van der Waals surface area contributed by atoms with Gasteiger partial charge in [0.25, 0.3) is 5.91 Å². The Hall–Kier alpha value is -2.73. The summed E-state index contributed by atoms with van der Waals surface area (Å²) in [6.07, 6.45) is 0.887. The molecule has 2 aromatic carbocycles. The molecule has 1 unspecified atom stereocenters. The Morgan fingerprint density at radius 3 is 2.54 bits per heavy atom. The minimum Gasteiger partial charge on any atom is -0.336 e. The number of rotatable bonds is 3. The minimum absolute atomic E-state index is 0.0994. The van der Waals surface area contributed by atoms with E-state index >= 15 is 0 Å². The molecule has 1 saturated heterocycles. The van der Waals surface area contributed by atoms with Crippen LogP contribution in [0.4, 0.5) is 10.1 Å². The van der Waals surface area contributed by atoms with Crippen molar-refractivity contribution in [3.05, 3.63) is 65.5 Å². The second-order valence-electron chi connectivity index (χ2n) is 7.52. The van der Waals surface area contributed by atoms with Gasteiger partial charge in [0.15, 0.2) is 0 Å². The largest absolute Gasteiger partial charge is 0.336 e. The molecule has 5 nitrogen and oxygen atoms in total. The summed E-state index contributed by atoms with van der Waals surface area (Å²) in [6.45, 7) is 4.77. The topological polar surface area (TPSA) is 43.9 Å². The predicted octanol–water partition coefficient (Wildman–Crippen LogP) is 2.56. The Morgan fingerprint density at radius 2 is 1.79 bits per heavy atom. The quantitative estimate of drug-likeness (QED) is 0.821. The van der Waals surface area contributed by atoms with Crippen LogP contribution in [-0.4, -0.2) is 60.4 Å². The number of fused-ring (bicyclic) bond motifs is 1. The van der Waals surface area contributed by atoms with Gasteiger partial charge in [-0.1, -0.05) is 24.3 Å². The zero-order valence-electron chi connectivity index (χ0n) is 16.0. The molecule has 6 heteroatoms. The van der Waals surface area contributed by atoms with E-state index in [1.807, 2.05) is 23.1 Å². The maximum Gasteiger partial charge on any atom is 0.254 e. The van der Waals surface area contributed by atoms with Gasteiger partial charge in [0.2, 0.25) is 5.91 Å². The Labute approximate surface area is 164 Å². The van der Waals surface area contributed by atoms with Crippen molar-refractivity contribution in [2.45, 2.75) is 19.4 Å². The lowest BCUT2D eigenvalue weighted by atomic mass is 10.1. The molecule has 0 aliphatic carbocycles. The lowest BCUT2D eigenvalue weighted by molar-refractivity contribution is -0.120. The van der Waals surface area contributed by atoms with E-state index < -0.39 is 5.82 Å². The molecule has 1 fully saturated rings. The summed E-state index contributed by atoms with van der Waals surface area (Å²) in [5.74, 6) is -0.468. The average Bonchev–Trinajstić information content (AvgIpc) is 3.04. The number of benzene rings is 2. The van der Waals surface area contributed by atoms with Crippen LogP contribution in [0.1, 0.15) is 22.8 Å². The van der Waals surface area contributed by atoms with E-state index in [9.17, 15) is 14.0 Å². The van der Waals surface area contributed by atoms with E-state index in [2.05, 4.69) is 17.9 Å². The molecule has 2 heterocycles. The molecule has 0 spiro atoms. The Kier molecular flexibility index (Phi) is 5.13. The second-order valence-corrected chi connectivity index (χ2v) is 7.52. The molecular formula is C22H24FN3O2. The monoisotopic (exact) mass is 381 g/mol. The van der Waals surface area contributed by atoms with Crippen LogP contribution in [0.3, 0.4) is 0 Å². The molecule has 4 rings (SSSR count). The fourth-order valence-electron chi connectivity index (χ4n) is 4.13. The van der Waals surface area contributed by atoms with Gasteiger partial charge < -0.3 is 9.80 Å². The number of hydrogen-bond acceptors (Lipinski definition) is 3. The molecule has 0 radical (unpaired) electrons. The minimum atomic E-state index is -0.407. The Bertz CT molecular complexity index is 893. The number of amides is 2. The zero-order valence-corrected chi connectivity index (χ0v) is 16.0. The second kappa shape index (κ2) is 7.72. The highest BCUT2D eigenvalue weighted by Gasteiger charge is 2.32. The van der Waals surface area contributed by atoms with Crippen LogP contribution in [0.15, 0.2) is 48.5 Å². The van der Waals surface area contributed by atoms with Gasteiger partial charge in [-0.3, -0.25) is 14.5 Å². The van der Waals surface area contributed by atoms with Crippen molar-refractivity contribution < 1.29 is 14.0 Å². The van der Waals surface area contributed by atoms with E-state index in [0.717, 1.165) is 12.1 Å². The van der Waals surface area contributed by atoms with Crippen LogP contribution < -0.4 is 4.90 Å². The Morgan fingerprint density at radius 1 is 1.04 bits per heavy atom. The van der Waals surface area contributed by atoms with Gasteiger partial charge in [-0.15, -0.1) is 0 Å². The summed E-state index contributed by atoms with van der Waals surface area (Å²) in [5.41, 5.74) is 2.60. The molecule has 146 valence electrons. The number of nitrogens with zero attached hydrogens (tertiary/aromatic N) is 3. The normalized spacial score (nSPS) is 19.6. The molecule has 2 aliphatic rings. The van der Waals surface area contributed by atoms with Crippen LogP contribution in [0.5, 0.6) is 0 Å². The predicted molar refractivity (Wildman–Crippen MR) is 106 cm³/mol. The van der Waals surface area contributed by atoms with Gasteiger partial charge in [0.1, 0.15) is 5.82 Å². The molecule has 2 aliphatic heterocycles. The van der Waals surface area contributed by atoms with Crippen LogP contribution >= 0.6 is 0 Å². The van der Waals surface area contributed by atoms with Crippen molar-refractivity contribution in [1.82, 2.24) is 9.80 Å². The maximum atomic E-state index is 13.4. The molecule has 2 amide bonds. The van der Waals surface area contributed by atoms with Gasteiger partial charge in [0.05, 0.1) is 6.54 Å². The fourth-order valence-corrected chi connectivity index (χ4v) is 4.13. The third-order valence-corrected chi connectivity index (χ3v) is 5.57. The number of piperazine rings is 1. The molecule has 28 heavy (non-hydrogen) atoms. The first kappa shape index (κ1) is 18.6. The van der Waals surface area contributed by atoms with Gasteiger partial charge in [0, 0.05) is 43.5 Å². The van der Waals surface area contributed by atoms with Crippen LogP contribution in [0.25, 0.3) is 0 Å². The Balaban J connectivity index is 1.35. The van der Waals surface area contributed by atoms with Crippen molar-refractivity contribution in [3.63, 3.8) is 0 Å². The summed E-state index contributed by atoms with van der Waals surface area (Å²) < 4.78 is 13.4. The summed E-state index contributed by atoms with van der Waals surface area (Å²) in [7, 11) is 0. The average molecular weight is 381 g/mol. The molecule has 2 aromatic rings. The standard InChI is InChI=1S/C22H24FN3O2/c1-16-13-17-5-2-3-8-20(17)26(16)21(27)15-24-9-11-25(12-10-24)22(28)18-6-4-7-19(23)14-18/h2-8,14,16H,9-13,15H2,1H3. The number of hydrogen-bond donors (Lipinski definition) is 0. The van der Waals surface area contributed by atoms with E-state index in [-0.39, 0.29) is 17.9 Å². The van der Waals surface area contributed by atoms with Crippen LogP contribution in [-0.2, 0) is 11.2 Å². The van der Waals surface area contributed by atoms with Crippen LogP contribution in [0, 0.1) is 5.82 Å². The van der Waals surface area contributed by atoms with Crippen molar-refractivity contribution in [3.8, 4) is 0 Å². The highest BCUT2D eigenvalue weighted by molar-refractivity contribution is 5.97. The molecule has 0 saturated carbocycles. The summed E-state index contributed by atoms with van der Waals surface area (Å²) >= 11 is 0. The van der Waals surface area contributed by atoms with Gasteiger partial charge in [-0.25, -0.2) is 4.39 Å². The van der Waals surface area contributed by atoms with E-state index in [1.54, 1.807) is 17.0 Å². The van der Waals surface area contributed by atoms with Gasteiger partial charge in [-0.05, 0) is 43.2 Å². The van der Waals surface area contributed by atoms with Crippen molar-refractivity contribution >= 4 is 17.5 Å². The first-order valence-electron chi connectivity index (χ1n) is 9.70. The van der Waals surface area contributed by atoms with Gasteiger partial charge in [-0.2, -0.15) is 0 Å². The number of halogens is 1. The van der Waals surface area contributed by atoms with E-state index in [0.29, 0.717) is 38.3 Å². The lowest BCUT2D eigenvalue weighted by Gasteiger charge is -2.35. The summed E-state index contributed by atoms with van der Waals surface area (Å²) in [6, 6.07) is 14.0. The third kappa shape index (κ3) is 3.64. The van der Waals surface area contributed by atoms with Gasteiger partial charge >= 0.3 is 0 Å². The fraction of sp³-hybridized carbons (Fsp3) is 0.364. The number of para-hydroxylation sites is 1. The first-order valence-corrected chi connectivity index (χ1v) is 9.70. The SMILES string of the molecule is CC1Cc2ccccc2N1C(=O)CN1CCN(C(=O)c2cccc(F)c2)CC1. The maximum absolute atomic E-state index is 13.4. The molecule has 1 atom stereocenters. The molecule has 0 aromatic heterocycles. The number of carbonyl (C=O) groups excluding carboxylic acids is 2. The highest BCUT2D eigenvalue weighted by Crippen LogP contribution is 2.31. The number of carbonyl (C=O) groups is 2. The van der Waals surface area contributed by atoms with Crippen molar-refractivity contribution in [1.29, 1.82) is 0 Å². The highest BCUT2D eigenvalue weighted by atomic mass is 19.1. The first-order chi connectivity index (χ1) is 13.5. The van der Waals surface area contributed by atoms with Crippen molar-refractivity contribution in [2.24, 2.45) is 0 Å². The third-order valence-electron chi connectivity index (χ3n) is 5.57. The smallest absolute Gasteiger partial charge is 0.254 e.